The van der Waals surface area contributed by atoms with E-state index in [1.807, 2.05) is 0 Å². The molecule has 1 amide bonds. The van der Waals surface area contributed by atoms with Gasteiger partial charge in [0.05, 0.1) is 6.61 Å². The van der Waals surface area contributed by atoms with Gasteiger partial charge in [-0.2, -0.15) is 0 Å². The number of ether oxygens (including phenoxy) is 1. The van der Waals surface area contributed by atoms with Gasteiger partial charge in [0.2, 0.25) is 5.91 Å². The van der Waals surface area contributed by atoms with E-state index < -0.39 is 11.9 Å². The Hall–Kier alpha value is -2.30. The minimum atomic E-state index is -0.523. The van der Waals surface area contributed by atoms with E-state index in [4.69, 9.17) is 10.5 Å². The summed E-state index contributed by atoms with van der Waals surface area (Å²) in [4.78, 5) is 25.6. The number of hydrogen-bond donors (Lipinski definition) is 2. The van der Waals surface area contributed by atoms with Crippen LogP contribution in [0.25, 0.3) is 10.9 Å². The van der Waals surface area contributed by atoms with Crippen molar-refractivity contribution in [2.24, 2.45) is 5.73 Å². The van der Waals surface area contributed by atoms with Crippen LogP contribution >= 0.6 is 0 Å². The molecule has 0 spiro atoms. The Balaban J connectivity index is 2.54. The van der Waals surface area contributed by atoms with Crippen molar-refractivity contribution in [1.82, 2.24) is 4.98 Å². The predicted octanol–water partition coefficient (Wildman–Crippen LogP) is 1.44. The molecule has 0 saturated carbocycles. The van der Waals surface area contributed by atoms with Gasteiger partial charge in [0.25, 0.3) is 0 Å². The number of carbonyl (C=O) groups is 2. The zero-order chi connectivity index (χ0) is 12.4. The van der Waals surface area contributed by atoms with E-state index in [0.29, 0.717) is 28.8 Å². The van der Waals surface area contributed by atoms with Gasteiger partial charge in [-0.1, -0.05) is 6.07 Å². The summed E-state index contributed by atoms with van der Waals surface area (Å²) in [5, 5.41) is 0.628. The number of fused-ring (bicyclic) bond motifs is 1. The fraction of sp³-hybridized carbons (Fsp3) is 0.167. The molecule has 17 heavy (non-hydrogen) atoms. The van der Waals surface area contributed by atoms with Crippen molar-refractivity contribution < 1.29 is 14.3 Å². The molecule has 88 valence electrons. The number of rotatable bonds is 3. The molecule has 1 aromatic carbocycles. The van der Waals surface area contributed by atoms with Crippen LogP contribution in [0.3, 0.4) is 0 Å². The Morgan fingerprint density at radius 3 is 2.82 bits per heavy atom. The fourth-order valence-corrected chi connectivity index (χ4v) is 1.69. The highest BCUT2D eigenvalue weighted by molar-refractivity contribution is 6.07. The molecule has 0 aliphatic rings. The van der Waals surface area contributed by atoms with Gasteiger partial charge in [-0.05, 0) is 25.1 Å². The molecule has 5 heteroatoms. The summed E-state index contributed by atoms with van der Waals surface area (Å²) in [6.45, 7) is 2.03. The van der Waals surface area contributed by atoms with Crippen molar-refractivity contribution in [3.8, 4) is 0 Å². The molecular weight excluding hydrogens is 220 g/mol. The molecule has 1 heterocycles. The number of amides is 1. The number of aromatic nitrogens is 1. The number of benzene rings is 1. The summed E-state index contributed by atoms with van der Waals surface area (Å²) in [7, 11) is 0. The van der Waals surface area contributed by atoms with Crippen LogP contribution in [0.2, 0.25) is 0 Å². The van der Waals surface area contributed by atoms with E-state index in [1.54, 1.807) is 31.2 Å². The number of H-pyrrole nitrogens is 1. The molecular formula is C12H12N2O3. The van der Waals surface area contributed by atoms with Crippen molar-refractivity contribution in [2.75, 3.05) is 6.61 Å². The van der Waals surface area contributed by atoms with E-state index in [0.717, 1.165) is 0 Å². The Morgan fingerprint density at radius 2 is 2.18 bits per heavy atom. The number of aromatic amines is 1. The summed E-state index contributed by atoms with van der Waals surface area (Å²) in [6, 6.07) is 6.67. The van der Waals surface area contributed by atoms with Crippen LogP contribution in [0, 0.1) is 0 Å². The fourth-order valence-electron chi connectivity index (χ4n) is 1.69. The third-order valence-corrected chi connectivity index (χ3v) is 2.42. The average Bonchev–Trinajstić information content (AvgIpc) is 2.72. The van der Waals surface area contributed by atoms with Crippen LogP contribution < -0.4 is 5.73 Å². The molecule has 0 atom stereocenters. The molecule has 3 N–H and O–H groups in total. The SMILES string of the molecule is CCOC(=O)c1cc2c(C(N)=O)cccc2[nH]1. The second-order valence-electron chi connectivity index (χ2n) is 3.53. The minimum Gasteiger partial charge on any atom is -0.461 e. The lowest BCUT2D eigenvalue weighted by molar-refractivity contribution is 0.0520. The first kappa shape index (κ1) is 11.2. The first-order valence-corrected chi connectivity index (χ1v) is 5.22. The van der Waals surface area contributed by atoms with Gasteiger partial charge in [0.15, 0.2) is 0 Å². The summed E-state index contributed by atoms with van der Waals surface area (Å²) in [6.07, 6.45) is 0. The van der Waals surface area contributed by atoms with Crippen molar-refractivity contribution in [3.63, 3.8) is 0 Å². The molecule has 0 radical (unpaired) electrons. The van der Waals surface area contributed by atoms with Gasteiger partial charge in [-0.15, -0.1) is 0 Å². The van der Waals surface area contributed by atoms with Crippen LogP contribution in [0.4, 0.5) is 0 Å². The third-order valence-electron chi connectivity index (χ3n) is 2.42. The van der Waals surface area contributed by atoms with E-state index in [-0.39, 0.29) is 0 Å². The topological polar surface area (TPSA) is 85.2 Å². The maximum atomic E-state index is 11.5. The van der Waals surface area contributed by atoms with Crippen molar-refractivity contribution in [2.45, 2.75) is 6.92 Å². The molecule has 0 bridgehead atoms. The summed E-state index contributed by atoms with van der Waals surface area (Å²) < 4.78 is 4.87. The van der Waals surface area contributed by atoms with Gasteiger partial charge in [-0.25, -0.2) is 4.79 Å². The molecule has 0 saturated heterocycles. The highest BCUT2D eigenvalue weighted by atomic mass is 16.5. The number of primary amides is 1. The lowest BCUT2D eigenvalue weighted by atomic mass is 10.1. The molecule has 2 aromatic rings. The van der Waals surface area contributed by atoms with E-state index in [2.05, 4.69) is 4.98 Å². The summed E-state index contributed by atoms with van der Waals surface area (Å²) >= 11 is 0. The van der Waals surface area contributed by atoms with Crippen molar-refractivity contribution in [3.05, 3.63) is 35.5 Å². The first-order chi connectivity index (χ1) is 8.13. The van der Waals surface area contributed by atoms with Crippen LogP contribution in [0.1, 0.15) is 27.8 Å². The smallest absolute Gasteiger partial charge is 0.354 e. The van der Waals surface area contributed by atoms with Gasteiger partial charge >= 0.3 is 5.97 Å². The maximum absolute atomic E-state index is 11.5. The highest BCUT2D eigenvalue weighted by Gasteiger charge is 2.13. The molecule has 1 aromatic heterocycles. The van der Waals surface area contributed by atoms with Crippen LogP contribution in [0.5, 0.6) is 0 Å². The van der Waals surface area contributed by atoms with Crippen LogP contribution in [-0.2, 0) is 4.74 Å². The second kappa shape index (κ2) is 4.29. The van der Waals surface area contributed by atoms with E-state index in [9.17, 15) is 9.59 Å². The minimum absolute atomic E-state index is 0.302. The number of nitrogens with one attached hydrogen (secondary N) is 1. The summed E-state index contributed by atoms with van der Waals surface area (Å²) in [5.41, 5.74) is 6.64. The highest BCUT2D eigenvalue weighted by Crippen LogP contribution is 2.20. The largest absolute Gasteiger partial charge is 0.461 e. The van der Waals surface area contributed by atoms with Gasteiger partial charge in [-0.3, -0.25) is 4.79 Å². The van der Waals surface area contributed by atoms with Gasteiger partial charge in [0.1, 0.15) is 5.69 Å². The van der Waals surface area contributed by atoms with E-state index >= 15 is 0 Å². The third kappa shape index (κ3) is 1.99. The van der Waals surface area contributed by atoms with Gasteiger partial charge < -0.3 is 15.5 Å². The summed E-state index contributed by atoms with van der Waals surface area (Å²) in [5.74, 6) is -0.968. The molecule has 0 unspecified atom stereocenters. The number of carbonyl (C=O) groups excluding carboxylic acids is 2. The molecule has 5 nitrogen and oxygen atoms in total. The average molecular weight is 232 g/mol. The first-order valence-electron chi connectivity index (χ1n) is 5.22. The Labute approximate surface area is 97.6 Å². The molecule has 0 aliphatic carbocycles. The monoisotopic (exact) mass is 232 g/mol. The maximum Gasteiger partial charge on any atom is 0.354 e. The Bertz CT molecular complexity index is 586. The normalized spacial score (nSPS) is 10.4. The van der Waals surface area contributed by atoms with Gasteiger partial charge in [0, 0.05) is 16.5 Å². The lowest BCUT2D eigenvalue weighted by Crippen LogP contribution is -2.10. The predicted molar refractivity (Wildman–Crippen MR) is 62.8 cm³/mol. The quantitative estimate of drug-likeness (QED) is 0.785. The number of hydrogen-bond acceptors (Lipinski definition) is 3. The zero-order valence-electron chi connectivity index (χ0n) is 9.32. The molecule has 2 rings (SSSR count). The number of nitrogens with two attached hydrogens (primary N) is 1. The molecule has 0 aliphatic heterocycles. The zero-order valence-corrected chi connectivity index (χ0v) is 9.32. The van der Waals surface area contributed by atoms with E-state index in [1.165, 1.54) is 0 Å². The Morgan fingerprint density at radius 1 is 1.41 bits per heavy atom. The molecule has 0 fully saturated rings. The van der Waals surface area contributed by atoms with Crippen molar-refractivity contribution >= 4 is 22.8 Å². The lowest BCUT2D eigenvalue weighted by Gasteiger charge is -1.96. The van der Waals surface area contributed by atoms with Crippen molar-refractivity contribution in [1.29, 1.82) is 0 Å². The van der Waals surface area contributed by atoms with Crippen LogP contribution in [0.15, 0.2) is 24.3 Å². The van der Waals surface area contributed by atoms with Crippen LogP contribution in [-0.4, -0.2) is 23.5 Å². The standard InChI is InChI=1S/C12H12N2O3/c1-2-17-12(16)10-6-8-7(11(13)15)4-3-5-9(8)14-10/h3-6,14H,2H2,1H3,(H2,13,15). The second-order valence-corrected chi connectivity index (χ2v) is 3.53. The number of esters is 1. The Kier molecular flexibility index (Phi) is 2.82.